The van der Waals surface area contributed by atoms with Crippen molar-refractivity contribution in [3.05, 3.63) is 87.7 Å². The number of amides is 1. The summed E-state index contributed by atoms with van der Waals surface area (Å²) in [5.41, 5.74) is 8.55. The van der Waals surface area contributed by atoms with Gasteiger partial charge in [-0.15, -0.1) is 5.10 Å². The van der Waals surface area contributed by atoms with Crippen LogP contribution in [-0.4, -0.2) is 48.4 Å². The highest BCUT2D eigenvalue weighted by Gasteiger charge is 2.26. The van der Waals surface area contributed by atoms with Crippen molar-refractivity contribution in [2.75, 3.05) is 6.54 Å². The number of aliphatic carboxylic acids is 1. The van der Waals surface area contributed by atoms with Crippen LogP contribution in [0.15, 0.2) is 48.7 Å². The van der Waals surface area contributed by atoms with Crippen LogP contribution in [0, 0.1) is 6.92 Å². The molecule has 0 spiro atoms. The van der Waals surface area contributed by atoms with Gasteiger partial charge in [0.15, 0.2) is 0 Å². The summed E-state index contributed by atoms with van der Waals surface area (Å²) in [4.78, 5) is 31.7. The summed E-state index contributed by atoms with van der Waals surface area (Å²) in [6.45, 7) is 3.94. The second-order valence-corrected chi connectivity index (χ2v) is 10.8. The van der Waals surface area contributed by atoms with Crippen LogP contribution in [0.25, 0.3) is 11.0 Å². The Labute approximate surface area is 227 Å². The number of rotatable bonds is 2. The lowest BCUT2D eigenvalue weighted by molar-refractivity contribution is -0.137. The average Bonchev–Trinajstić information content (AvgIpc) is 3.36. The number of aryl methyl sites for hydroxylation is 3. The maximum Gasteiger partial charge on any atom is 0.304 e. The summed E-state index contributed by atoms with van der Waals surface area (Å²) < 4.78 is 1.97. The zero-order valence-electron chi connectivity index (χ0n) is 22.3. The van der Waals surface area contributed by atoms with E-state index >= 15 is 0 Å². The Balaban J connectivity index is 1.41. The van der Waals surface area contributed by atoms with Crippen molar-refractivity contribution >= 4 is 22.9 Å². The first-order chi connectivity index (χ1) is 19.0. The Bertz CT molecular complexity index is 1540. The van der Waals surface area contributed by atoms with Crippen molar-refractivity contribution in [2.45, 2.75) is 70.9 Å². The number of aromatic nitrogens is 4. The molecule has 200 valence electrons. The fourth-order valence-corrected chi connectivity index (χ4v) is 6.08. The van der Waals surface area contributed by atoms with Crippen LogP contribution in [0.5, 0.6) is 0 Å². The molecule has 0 aliphatic carbocycles. The lowest BCUT2D eigenvalue weighted by Crippen LogP contribution is -2.36. The van der Waals surface area contributed by atoms with Crippen molar-refractivity contribution in [1.29, 1.82) is 0 Å². The zero-order valence-corrected chi connectivity index (χ0v) is 22.3. The van der Waals surface area contributed by atoms with Gasteiger partial charge in [0.25, 0.3) is 5.91 Å². The Morgan fingerprint density at radius 3 is 2.69 bits per heavy atom. The molecule has 0 radical (unpaired) electrons. The molecule has 0 saturated heterocycles. The van der Waals surface area contributed by atoms with Gasteiger partial charge in [-0.25, -0.2) is 4.68 Å². The van der Waals surface area contributed by atoms with Gasteiger partial charge in [-0.2, -0.15) is 0 Å². The minimum absolute atomic E-state index is 0.0296. The normalized spacial score (nSPS) is 18.0. The van der Waals surface area contributed by atoms with Gasteiger partial charge in [-0.05, 0) is 78.1 Å². The summed E-state index contributed by atoms with van der Waals surface area (Å²) in [5.74, 6) is -1.25. The number of carbonyl (C=O) groups is 2. The molecule has 7 heterocycles. The molecule has 9 rings (SSSR count). The molecule has 0 saturated carbocycles. The third kappa shape index (κ3) is 5.03. The minimum atomic E-state index is -0.853. The molecule has 2 aromatic heterocycles. The number of carbonyl (C=O) groups excluding carboxylic acids is 1. The van der Waals surface area contributed by atoms with Gasteiger partial charge in [0, 0.05) is 31.7 Å². The molecule has 8 heteroatoms. The SMILES string of the molecule is Cc1c2ccc3c1nnn3CCCCCCc1ccc(nc1)C(=O)N1CCc3ccc(cc3C1)C2CC(=O)O. The van der Waals surface area contributed by atoms with E-state index in [0.29, 0.717) is 18.8 Å². The maximum absolute atomic E-state index is 13.3. The van der Waals surface area contributed by atoms with E-state index in [0.717, 1.165) is 83.9 Å². The van der Waals surface area contributed by atoms with E-state index in [1.807, 2.05) is 53.0 Å². The summed E-state index contributed by atoms with van der Waals surface area (Å²) in [6, 6.07) is 14.2. The largest absolute Gasteiger partial charge is 0.481 e. The quantitative estimate of drug-likeness (QED) is 0.394. The van der Waals surface area contributed by atoms with Crippen molar-refractivity contribution in [2.24, 2.45) is 0 Å². The molecule has 1 N–H and O–H groups in total. The first-order valence-electron chi connectivity index (χ1n) is 13.9. The Morgan fingerprint density at radius 1 is 1.00 bits per heavy atom. The highest BCUT2D eigenvalue weighted by molar-refractivity contribution is 5.92. The van der Waals surface area contributed by atoms with Gasteiger partial charge in [-0.1, -0.05) is 48.4 Å². The first-order valence-corrected chi connectivity index (χ1v) is 13.9. The van der Waals surface area contributed by atoms with E-state index in [1.54, 1.807) is 0 Å². The van der Waals surface area contributed by atoms with Crippen LogP contribution in [0.2, 0.25) is 0 Å². The van der Waals surface area contributed by atoms with E-state index < -0.39 is 5.97 Å². The van der Waals surface area contributed by atoms with Crippen LogP contribution in [0.1, 0.15) is 81.9 Å². The minimum Gasteiger partial charge on any atom is -0.481 e. The fraction of sp³-hybridized carbons (Fsp3) is 0.387. The molecular formula is C31H33N5O3. The predicted octanol–water partition coefficient (Wildman–Crippen LogP) is 5.06. The number of nitrogens with zero attached hydrogens (tertiary/aromatic N) is 5. The summed E-state index contributed by atoms with van der Waals surface area (Å²) in [5, 5.41) is 18.8. The zero-order chi connectivity index (χ0) is 26.9. The summed E-state index contributed by atoms with van der Waals surface area (Å²) >= 11 is 0. The lowest BCUT2D eigenvalue weighted by Gasteiger charge is -2.30. The van der Waals surface area contributed by atoms with Gasteiger partial charge in [0.05, 0.1) is 11.9 Å². The molecular weight excluding hydrogens is 490 g/mol. The second kappa shape index (κ2) is 10.6. The molecule has 1 unspecified atom stereocenters. The Kier molecular flexibility index (Phi) is 6.85. The van der Waals surface area contributed by atoms with Crippen LogP contribution in [0.3, 0.4) is 0 Å². The van der Waals surface area contributed by atoms with Crippen LogP contribution >= 0.6 is 0 Å². The number of hydrogen-bond donors (Lipinski definition) is 1. The van der Waals surface area contributed by atoms with E-state index in [2.05, 4.69) is 27.4 Å². The molecule has 8 nitrogen and oxygen atoms in total. The number of hydrogen-bond acceptors (Lipinski definition) is 5. The van der Waals surface area contributed by atoms with E-state index in [-0.39, 0.29) is 18.2 Å². The van der Waals surface area contributed by atoms with Gasteiger partial charge >= 0.3 is 5.97 Å². The third-order valence-electron chi connectivity index (χ3n) is 8.30. The molecule has 5 aliphatic heterocycles. The van der Waals surface area contributed by atoms with Crippen LogP contribution in [-0.2, 0) is 30.7 Å². The van der Waals surface area contributed by atoms with E-state index in [1.165, 1.54) is 5.56 Å². The molecule has 1 amide bonds. The second-order valence-electron chi connectivity index (χ2n) is 10.8. The molecule has 4 aromatic rings. The van der Waals surface area contributed by atoms with Gasteiger partial charge in [-0.3, -0.25) is 14.6 Å². The molecule has 1 atom stereocenters. The molecule has 0 fully saturated rings. The standard InChI is InChI=1S/C31H33N5O3/c1-20-25-10-12-28-30(20)33-34-36(28)14-5-3-2-4-6-21-7-11-27(32-18-21)31(39)35-15-13-22-8-9-23(16-24(22)19-35)26(25)17-29(37)38/h7-12,16,18,26H,2-6,13-15,17,19H2,1H3,(H,37,38). The maximum atomic E-state index is 13.3. The molecule has 39 heavy (non-hydrogen) atoms. The lowest BCUT2D eigenvalue weighted by atomic mass is 9.83. The number of pyridine rings is 1. The average molecular weight is 524 g/mol. The summed E-state index contributed by atoms with van der Waals surface area (Å²) in [7, 11) is 0. The van der Waals surface area contributed by atoms with Gasteiger partial charge in [0.1, 0.15) is 11.2 Å². The van der Waals surface area contributed by atoms with Crippen LogP contribution < -0.4 is 0 Å². The van der Waals surface area contributed by atoms with Crippen molar-refractivity contribution in [1.82, 2.24) is 24.9 Å². The number of carboxylic acid groups (broad SMARTS) is 1. The van der Waals surface area contributed by atoms with Crippen LogP contribution in [0.4, 0.5) is 0 Å². The van der Waals surface area contributed by atoms with Crippen molar-refractivity contribution < 1.29 is 14.7 Å². The predicted molar refractivity (Wildman–Crippen MR) is 148 cm³/mol. The fourth-order valence-electron chi connectivity index (χ4n) is 6.08. The van der Waals surface area contributed by atoms with Gasteiger partial charge < -0.3 is 10.0 Å². The first kappa shape index (κ1) is 25.2. The Morgan fingerprint density at radius 2 is 1.87 bits per heavy atom. The van der Waals surface area contributed by atoms with E-state index in [9.17, 15) is 14.7 Å². The highest BCUT2D eigenvalue weighted by atomic mass is 16.4. The Hall–Kier alpha value is -4.07. The van der Waals surface area contributed by atoms with E-state index in [4.69, 9.17) is 0 Å². The topological polar surface area (TPSA) is 101 Å². The summed E-state index contributed by atoms with van der Waals surface area (Å²) in [6.07, 6.45) is 7.81. The van der Waals surface area contributed by atoms with Crippen molar-refractivity contribution in [3.8, 4) is 0 Å². The third-order valence-corrected chi connectivity index (χ3v) is 8.30. The monoisotopic (exact) mass is 523 g/mol. The molecule has 9 bridgehead atoms. The van der Waals surface area contributed by atoms with Gasteiger partial charge in [0.2, 0.25) is 0 Å². The smallest absolute Gasteiger partial charge is 0.304 e. The van der Waals surface area contributed by atoms with Crippen molar-refractivity contribution in [3.63, 3.8) is 0 Å². The molecule has 5 aliphatic rings. The highest BCUT2D eigenvalue weighted by Crippen LogP contribution is 2.35. The number of benzene rings is 2. The number of carboxylic acids is 1. The molecule has 2 aromatic carbocycles.